The van der Waals surface area contributed by atoms with Crippen LogP contribution in [0.5, 0.6) is 0 Å². The first kappa shape index (κ1) is 17.6. The second-order valence-corrected chi connectivity index (χ2v) is 8.54. The number of thioether (sulfide) groups is 1. The SMILES string of the molecule is CSCCCCCCN1CC2(CCCC2)NCC1C(C)C. The van der Waals surface area contributed by atoms with Gasteiger partial charge >= 0.3 is 0 Å². The minimum atomic E-state index is 0.476. The van der Waals surface area contributed by atoms with Crippen LogP contribution in [0.3, 0.4) is 0 Å². The van der Waals surface area contributed by atoms with Crippen LogP contribution in [-0.4, -0.2) is 48.1 Å². The smallest absolute Gasteiger partial charge is 0.0309 e. The maximum atomic E-state index is 3.93. The largest absolute Gasteiger partial charge is 0.308 e. The summed E-state index contributed by atoms with van der Waals surface area (Å²) in [7, 11) is 0. The van der Waals surface area contributed by atoms with E-state index in [1.165, 1.54) is 76.8 Å². The second-order valence-electron chi connectivity index (χ2n) is 7.56. The molecule has 1 unspecified atom stereocenters. The molecule has 2 nitrogen and oxygen atoms in total. The van der Waals surface area contributed by atoms with E-state index in [0.29, 0.717) is 5.54 Å². The highest BCUT2D eigenvalue weighted by atomic mass is 32.2. The maximum Gasteiger partial charge on any atom is 0.0309 e. The van der Waals surface area contributed by atoms with Crippen LogP contribution in [0.15, 0.2) is 0 Å². The van der Waals surface area contributed by atoms with Crippen molar-refractivity contribution < 1.29 is 0 Å². The third-order valence-corrected chi connectivity index (χ3v) is 6.23. The Hall–Kier alpha value is 0.270. The lowest BCUT2D eigenvalue weighted by atomic mass is 9.89. The fraction of sp³-hybridized carbons (Fsp3) is 1.00. The average Bonchev–Trinajstić information content (AvgIpc) is 2.90. The summed E-state index contributed by atoms with van der Waals surface area (Å²) in [4.78, 5) is 2.83. The van der Waals surface area contributed by atoms with Gasteiger partial charge in [-0.3, -0.25) is 4.90 Å². The van der Waals surface area contributed by atoms with Crippen LogP contribution in [0.4, 0.5) is 0 Å². The number of unbranched alkanes of at least 4 members (excludes halogenated alkanes) is 3. The lowest BCUT2D eigenvalue weighted by Gasteiger charge is -2.48. The molecule has 1 saturated carbocycles. The highest BCUT2D eigenvalue weighted by Gasteiger charge is 2.41. The highest BCUT2D eigenvalue weighted by molar-refractivity contribution is 7.98. The summed E-state index contributed by atoms with van der Waals surface area (Å²) in [6, 6.07) is 0.752. The van der Waals surface area contributed by atoms with Crippen LogP contribution in [-0.2, 0) is 0 Å². The first-order valence-corrected chi connectivity index (χ1v) is 10.5. The standard InChI is InChI=1S/C18H36N2S/c1-16(2)17-14-19-18(10-6-7-11-18)15-20(17)12-8-4-5-9-13-21-3/h16-17,19H,4-15H2,1-3H3. The first-order chi connectivity index (χ1) is 10.2. The van der Waals surface area contributed by atoms with Gasteiger partial charge < -0.3 is 5.32 Å². The molecule has 1 aliphatic heterocycles. The highest BCUT2D eigenvalue weighted by Crippen LogP contribution is 2.34. The first-order valence-electron chi connectivity index (χ1n) is 9.15. The van der Waals surface area contributed by atoms with Crippen LogP contribution in [0.25, 0.3) is 0 Å². The van der Waals surface area contributed by atoms with Gasteiger partial charge in [-0.2, -0.15) is 11.8 Å². The summed E-state index contributed by atoms with van der Waals surface area (Å²) < 4.78 is 0. The number of rotatable bonds is 8. The molecule has 0 aromatic carbocycles. The monoisotopic (exact) mass is 312 g/mol. The summed E-state index contributed by atoms with van der Waals surface area (Å²) in [5.41, 5.74) is 0.476. The molecule has 2 fully saturated rings. The van der Waals surface area contributed by atoms with E-state index >= 15 is 0 Å². The Labute approximate surface area is 136 Å². The van der Waals surface area contributed by atoms with E-state index in [4.69, 9.17) is 0 Å². The van der Waals surface area contributed by atoms with Gasteiger partial charge in [-0.25, -0.2) is 0 Å². The van der Waals surface area contributed by atoms with Crippen LogP contribution in [0.2, 0.25) is 0 Å². The van der Waals surface area contributed by atoms with Gasteiger partial charge in [0.1, 0.15) is 0 Å². The zero-order valence-corrected chi connectivity index (χ0v) is 15.3. The quantitative estimate of drug-likeness (QED) is 0.678. The molecule has 2 rings (SSSR count). The molecule has 2 aliphatic rings. The average molecular weight is 313 g/mol. The molecule has 21 heavy (non-hydrogen) atoms. The number of nitrogens with one attached hydrogen (secondary N) is 1. The van der Waals surface area contributed by atoms with E-state index in [-0.39, 0.29) is 0 Å². The predicted molar refractivity (Wildman–Crippen MR) is 96.3 cm³/mol. The van der Waals surface area contributed by atoms with Gasteiger partial charge in [0.05, 0.1) is 0 Å². The van der Waals surface area contributed by atoms with Crippen LogP contribution in [0, 0.1) is 5.92 Å². The molecular formula is C18H36N2S. The Morgan fingerprint density at radius 3 is 2.52 bits per heavy atom. The van der Waals surface area contributed by atoms with E-state index in [0.717, 1.165) is 12.0 Å². The summed E-state index contributed by atoms with van der Waals surface area (Å²) in [6.07, 6.45) is 13.5. The van der Waals surface area contributed by atoms with E-state index in [9.17, 15) is 0 Å². The second kappa shape index (κ2) is 8.79. The summed E-state index contributed by atoms with van der Waals surface area (Å²) in [5.74, 6) is 2.11. The van der Waals surface area contributed by atoms with Gasteiger partial charge in [0.2, 0.25) is 0 Å². The molecule has 1 spiro atoms. The van der Waals surface area contributed by atoms with Crippen LogP contribution >= 0.6 is 11.8 Å². The summed E-state index contributed by atoms with van der Waals surface area (Å²) in [5, 5.41) is 3.93. The number of piperazine rings is 1. The van der Waals surface area contributed by atoms with Crippen molar-refractivity contribution >= 4 is 11.8 Å². The molecule has 0 bridgehead atoms. The van der Waals surface area contributed by atoms with Gasteiger partial charge in [0, 0.05) is 24.7 Å². The number of hydrogen-bond donors (Lipinski definition) is 1. The third kappa shape index (κ3) is 5.14. The van der Waals surface area contributed by atoms with Crippen LogP contribution < -0.4 is 5.32 Å². The topological polar surface area (TPSA) is 15.3 Å². The Morgan fingerprint density at radius 1 is 1.14 bits per heavy atom. The molecule has 1 heterocycles. The molecule has 0 aromatic heterocycles. The predicted octanol–water partition coefficient (Wildman–Crippen LogP) is 4.15. The zero-order chi connectivity index (χ0) is 15.1. The molecule has 3 heteroatoms. The van der Waals surface area contributed by atoms with E-state index < -0.39 is 0 Å². The van der Waals surface area contributed by atoms with Gasteiger partial charge in [0.25, 0.3) is 0 Å². The van der Waals surface area contributed by atoms with Crippen molar-refractivity contribution in [1.82, 2.24) is 10.2 Å². The molecule has 1 N–H and O–H groups in total. The van der Waals surface area contributed by atoms with E-state index in [1.807, 2.05) is 11.8 Å². The fourth-order valence-corrected chi connectivity index (χ4v) is 4.71. The molecule has 1 saturated heterocycles. The molecular weight excluding hydrogens is 276 g/mol. The van der Waals surface area contributed by atoms with Crippen molar-refractivity contribution in [2.75, 3.05) is 31.6 Å². The molecule has 1 atom stereocenters. The molecule has 1 aliphatic carbocycles. The summed E-state index contributed by atoms with van der Waals surface area (Å²) in [6.45, 7) is 8.63. The van der Waals surface area contributed by atoms with Crippen molar-refractivity contribution in [3.8, 4) is 0 Å². The third-order valence-electron chi connectivity index (χ3n) is 5.53. The van der Waals surface area contributed by atoms with Crippen LogP contribution in [0.1, 0.15) is 65.2 Å². The minimum Gasteiger partial charge on any atom is -0.308 e. The Bertz CT molecular complexity index is 287. The van der Waals surface area contributed by atoms with Crippen molar-refractivity contribution in [2.45, 2.75) is 76.8 Å². The summed E-state index contributed by atoms with van der Waals surface area (Å²) >= 11 is 1.99. The molecule has 124 valence electrons. The zero-order valence-electron chi connectivity index (χ0n) is 14.5. The lowest BCUT2D eigenvalue weighted by Crippen LogP contribution is -2.64. The Morgan fingerprint density at radius 2 is 1.86 bits per heavy atom. The molecule has 0 aromatic rings. The van der Waals surface area contributed by atoms with Gasteiger partial charge in [0.15, 0.2) is 0 Å². The fourth-order valence-electron chi connectivity index (χ4n) is 4.22. The van der Waals surface area contributed by atoms with Gasteiger partial charge in [-0.1, -0.05) is 39.5 Å². The molecule has 0 amide bonds. The van der Waals surface area contributed by atoms with Crippen molar-refractivity contribution in [2.24, 2.45) is 5.92 Å². The Kier molecular flexibility index (Phi) is 7.37. The number of hydrogen-bond acceptors (Lipinski definition) is 3. The van der Waals surface area contributed by atoms with E-state index in [2.05, 4.69) is 30.3 Å². The van der Waals surface area contributed by atoms with Crippen molar-refractivity contribution in [3.63, 3.8) is 0 Å². The maximum absolute atomic E-state index is 3.93. The Balaban J connectivity index is 1.77. The number of nitrogens with zero attached hydrogens (tertiary/aromatic N) is 1. The van der Waals surface area contributed by atoms with Crippen molar-refractivity contribution in [3.05, 3.63) is 0 Å². The minimum absolute atomic E-state index is 0.476. The lowest BCUT2D eigenvalue weighted by molar-refractivity contribution is 0.0556. The van der Waals surface area contributed by atoms with Gasteiger partial charge in [-0.05, 0) is 50.2 Å². The van der Waals surface area contributed by atoms with Crippen molar-refractivity contribution in [1.29, 1.82) is 0 Å². The normalized spacial score (nSPS) is 26.0. The van der Waals surface area contributed by atoms with E-state index in [1.54, 1.807) is 0 Å². The van der Waals surface area contributed by atoms with Gasteiger partial charge in [-0.15, -0.1) is 0 Å². The molecule has 0 radical (unpaired) electrons.